The van der Waals surface area contributed by atoms with Crippen LogP contribution in [0.15, 0.2) is 6.07 Å². The summed E-state index contributed by atoms with van der Waals surface area (Å²) in [6.07, 6.45) is 0.761. The Bertz CT molecular complexity index is 361. The highest BCUT2D eigenvalue weighted by Crippen LogP contribution is 2.19. The molecule has 0 saturated heterocycles. The maximum Gasteiger partial charge on any atom is 0.250 e. The molecular weight excluding hydrogens is 180 g/mol. The molecule has 0 aliphatic heterocycles. The van der Waals surface area contributed by atoms with Gasteiger partial charge in [-0.3, -0.25) is 4.79 Å². The van der Waals surface area contributed by atoms with Gasteiger partial charge >= 0.3 is 0 Å². The Balaban J connectivity index is 3.30. The van der Waals surface area contributed by atoms with Crippen LogP contribution in [0, 0.1) is 6.92 Å². The van der Waals surface area contributed by atoms with Crippen molar-refractivity contribution in [2.45, 2.75) is 20.3 Å². The fourth-order valence-corrected chi connectivity index (χ4v) is 1.30. The van der Waals surface area contributed by atoms with Crippen molar-refractivity contribution in [1.29, 1.82) is 0 Å². The largest absolute Gasteiger partial charge is 0.481 e. The smallest absolute Gasteiger partial charge is 0.250 e. The van der Waals surface area contributed by atoms with Crippen molar-refractivity contribution in [3.8, 4) is 5.88 Å². The van der Waals surface area contributed by atoms with Crippen molar-refractivity contribution < 1.29 is 9.53 Å². The van der Waals surface area contributed by atoms with Gasteiger partial charge in [-0.15, -0.1) is 0 Å². The zero-order chi connectivity index (χ0) is 10.7. The summed E-state index contributed by atoms with van der Waals surface area (Å²) in [6.45, 7) is 3.71. The molecule has 0 aliphatic rings. The zero-order valence-corrected chi connectivity index (χ0v) is 8.63. The number of aryl methyl sites for hydroxylation is 2. The van der Waals surface area contributed by atoms with Gasteiger partial charge in [0.25, 0.3) is 5.91 Å². The third-order valence-corrected chi connectivity index (χ3v) is 2.09. The average molecular weight is 194 g/mol. The fraction of sp³-hybridized carbons (Fsp3) is 0.400. The molecule has 4 heteroatoms. The number of nitrogens with zero attached hydrogens (tertiary/aromatic N) is 1. The number of ether oxygens (including phenoxy) is 1. The van der Waals surface area contributed by atoms with Gasteiger partial charge in [-0.1, -0.05) is 6.92 Å². The number of methoxy groups -OCH3 is 1. The normalized spacial score (nSPS) is 9.93. The lowest BCUT2D eigenvalue weighted by atomic mass is 10.1. The Morgan fingerprint density at radius 2 is 2.29 bits per heavy atom. The number of pyridine rings is 1. The lowest BCUT2D eigenvalue weighted by Gasteiger charge is -2.09. The predicted octanol–water partition coefficient (Wildman–Crippen LogP) is 1.06. The highest BCUT2D eigenvalue weighted by molar-refractivity contribution is 5.94. The summed E-state index contributed by atoms with van der Waals surface area (Å²) in [5, 5.41) is 0. The number of primary amides is 1. The summed E-state index contributed by atoms with van der Waals surface area (Å²) >= 11 is 0. The quantitative estimate of drug-likeness (QED) is 0.782. The van der Waals surface area contributed by atoms with Crippen LogP contribution in [-0.4, -0.2) is 18.0 Å². The summed E-state index contributed by atoms with van der Waals surface area (Å²) in [5.41, 5.74) is 7.17. The standard InChI is InChI=1S/C10H14N2O2/c1-4-7-5-8(9(11)13)6(2)12-10(7)14-3/h5H,4H2,1-3H3,(H2,11,13). The average Bonchev–Trinajstić information content (AvgIpc) is 2.16. The molecule has 0 spiro atoms. The van der Waals surface area contributed by atoms with E-state index in [0.717, 1.165) is 12.0 Å². The van der Waals surface area contributed by atoms with Crippen molar-refractivity contribution in [1.82, 2.24) is 4.98 Å². The van der Waals surface area contributed by atoms with E-state index < -0.39 is 5.91 Å². The van der Waals surface area contributed by atoms with Gasteiger partial charge in [-0.05, 0) is 19.4 Å². The molecule has 1 rings (SSSR count). The molecule has 0 aromatic carbocycles. The number of aromatic nitrogens is 1. The SMILES string of the molecule is CCc1cc(C(N)=O)c(C)nc1OC. The van der Waals surface area contributed by atoms with Crippen LogP contribution >= 0.6 is 0 Å². The number of carbonyl (C=O) groups excluding carboxylic acids is 1. The van der Waals surface area contributed by atoms with Gasteiger partial charge in [-0.2, -0.15) is 0 Å². The number of nitrogens with two attached hydrogens (primary N) is 1. The van der Waals surface area contributed by atoms with Crippen molar-refractivity contribution in [2.24, 2.45) is 5.73 Å². The Labute approximate surface area is 83.1 Å². The molecule has 0 radical (unpaired) electrons. The third-order valence-electron chi connectivity index (χ3n) is 2.09. The van der Waals surface area contributed by atoms with Crippen molar-refractivity contribution in [2.75, 3.05) is 7.11 Å². The molecule has 1 heterocycles. The highest BCUT2D eigenvalue weighted by Gasteiger charge is 2.11. The van der Waals surface area contributed by atoms with Crippen LogP contribution in [0.4, 0.5) is 0 Å². The molecule has 76 valence electrons. The molecule has 1 aromatic heterocycles. The minimum atomic E-state index is -0.452. The first-order valence-electron chi connectivity index (χ1n) is 4.44. The van der Waals surface area contributed by atoms with Crippen LogP contribution in [-0.2, 0) is 6.42 Å². The van der Waals surface area contributed by atoms with Crippen molar-refractivity contribution in [3.63, 3.8) is 0 Å². The second kappa shape index (κ2) is 4.09. The first kappa shape index (κ1) is 10.5. The minimum Gasteiger partial charge on any atom is -0.481 e. The number of carbonyl (C=O) groups is 1. The highest BCUT2D eigenvalue weighted by atomic mass is 16.5. The molecule has 0 atom stereocenters. The molecule has 0 aliphatic carbocycles. The number of rotatable bonds is 3. The van der Waals surface area contributed by atoms with E-state index in [9.17, 15) is 4.79 Å². The van der Waals surface area contributed by atoms with Crippen LogP contribution in [0.5, 0.6) is 5.88 Å². The van der Waals surface area contributed by atoms with E-state index in [2.05, 4.69) is 4.98 Å². The van der Waals surface area contributed by atoms with Crippen molar-refractivity contribution in [3.05, 3.63) is 22.9 Å². The molecule has 0 saturated carbocycles. The van der Waals surface area contributed by atoms with Gasteiger partial charge in [0.2, 0.25) is 5.88 Å². The van der Waals surface area contributed by atoms with E-state index in [4.69, 9.17) is 10.5 Å². The van der Waals surface area contributed by atoms with Crippen molar-refractivity contribution >= 4 is 5.91 Å². The van der Waals surface area contributed by atoms with E-state index in [1.807, 2.05) is 6.92 Å². The van der Waals surface area contributed by atoms with E-state index in [1.54, 1.807) is 20.1 Å². The van der Waals surface area contributed by atoms with Gasteiger partial charge in [-0.25, -0.2) is 4.98 Å². The molecule has 0 fully saturated rings. The van der Waals surface area contributed by atoms with Crippen LogP contribution in [0.1, 0.15) is 28.5 Å². The van der Waals surface area contributed by atoms with Crippen LogP contribution in [0.25, 0.3) is 0 Å². The van der Waals surface area contributed by atoms with E-state index >= 15 is 0 Å². The van der Waals surface area contributed by atoms with E-state index in [-0.39, 0.29) is 0 Å². The second-order valence-corrected chi connectivity index (χ2v) is 3.01. The zero-order valence-electron chi connectivity index (χ0n) is 8.63. The maximum atomic E-state index is 11.0. The van der Waals surface area contributed by atoms with Crippen LogP contribution in [0.3, 0.4) is 0 Å². The molecule has 0 bridgehead atoms. The first-order chi connectivity index (χ1) is 6.60. The second-order valence-electron chi connectivity index (χ2n) is 3.01. The molecule has 1 amide bonds. The minimum absolute atomic E-state index is 0.452. The molecule has 4 nitrogen and oxygen atoms in total. The van der Waals surface area contributed by atoms with Gasteiger partial charge in [0.15, 0.2) is 0 Å². The van der Waals surface area contributed by atoms with E-state index in [0.29, 0.717) is 17.1 Å². The lowest BCUT2D eigenvalue weighted by Crippen LogP contribution is -2.14. The third kappa shape index (κ3) is 1.84. The Hall–Kier alpha value is -1.58. The summed E-state index contributed by atoms with van der Waals surface area (Å²) in [6, 6.07) is 1.74. The topological polar surface area (TPSA) is 65.2 Å². The molecule has 2 N–H and O–H groups in total. The predicted molar refractivity (Wildman–Crippen MR) is 53.4 cm³/mol. The van der Waals surface area contributed by atoms with Gasteiger partial charge in [0, 0.05) is 5.56 Å². The number of hydrogen-bond acceptors (Lipinski definition) is 3. The monoisotopic (exact) mass is 194 g/mol. The molecule has 0 unspecified atom stereocenters. The maximum absolute atomic E-state index is 11.0. The number of hydrogen-bond donors (Lipinski definition) is 1. The van der Waals surface area contributed by atoms with Gasteiger partial charge < -0.3 is 10.5 Å². The molecule has 1 aromatic rings. The Morgan fingerprint density at radius 1 is 1.64 bits per heavy atom. The Morgan fingerprint density at radius 3 is 2.71 bits per heavy atom. The lowest BCUT2D eigenvalue weighted by molar-refractivity contribution is 0.0999. The molecular formula is C10H14N2O2. The number of amides is 1. The summed E-state index contributed by atoms with van der Waals surface area (Å²) in [5.74, 6) is 0.113. The van der Waals surface area contributed by atoms with Gasteiger partial charge in [0.05, 0.1) is 18.4 Å². The fourth-order valence-electron chi connectivity index (χ4n) is 1.30. The van der Waals surface area contributed by atoms with E-state index in [1.165, 1.54) is 0 Å². The Kier molecular flexibility index (Phi) is 3.06. The summed E-state index contributed by atoms with van der Waals surface area (Å²) < 4.78 is 5.09. The first-order valence-corrected chi connectivity index (χ1v) is 4.44. The summed E-state index contributed by atoms with van der Waals surface area (Å²) in [4.78, 5) is 15.2. The summed E-state index contributed by atoms with van der Waals surface area (Å²) in [7, 11) is 1.56. The molecule has 14 heavy (non-hydrogen) atoms. The van der Waals surface area contributed by atoms with Crippen LogP contribution in [0.2, 0.25) is 0 Å². The van der Waals surface area contributed by atoms with Gasteiger partial charge in [0.1, 0.15) is 0 Å². The van der Waals surface area contributed by atoms with Crippen LogP contribution < -0.4 is 10.5 Å².